The largest absolute Gasteiger partial charge is 0.494 e. The molecule has 1 atom stereocenters. The summed E-state index contributed by atoms with van der Waals surface area (Å²) in [6.45, 7) is 0. The highest BCUT2D eigenvalue weighted by molar-refractivity contribution is 5.81. The number of hydrogen-bond donors (Lipinski definition) is 2. The number of carbonyl (C=O) groups is 2. The van der Waals surface area contributed by atoms with E-state index >= 15 is 0 Å². The van der Waals surface area contributed by atoms with Gasteiger partial charge in [-0.1, -0.05) is 24.3 Å². The molecule has 0 saturated heterocycles. The van der Waals surface area contributed by atoms with E-state index in [9.17, 15) is 19.1 Å². The Morgan fingerprint density at radius 1 is 1.19 bits per heavy atom. The first-order chi connectivity index (χ1) is 12.9. The number of halogens is 1. The number of nitrogens with one attached hydrogen (secondary N) is 1. The van der Waals surface area contributed by atoms with Gasteiger partial charge in [-0.05, 0) is 60.1 Å². The van der Waals surface area contributed by atoms with Crippen LogP contribution in [0, 0.1) is 11.2 Å². The van der Waals surface area contributed by atoms with Crippen LogP contribution in [0.4, 0.5) is 9.18 Å². The number of carboxylic acid groups (broad SMARTS) is 1. The molecule has 0 heterocycles. The van der Waals surface area contributed by atoms with Gasteiger partial charge in [-0.15, -0.1) is 0 Å². The van der Waals surface area contributed by atoms with Crippen molar-refractivity contribution >= 4 is 12.4 Å². The molecule has 0 aromatic heterocycles. The lowest BCUT2D eigenvalue weighted by molar-refractivity contribution is -0.116. The summed E-state index contributed by atoms with van der Waals surface area (Å²) in [7, 11) is 1.42. The summed E-state index contributed by atoms with van der Waals surface area (Å²) >= 11 is 0. The predicted octanol–water partition coefficient (Wildman–Crippen LogP) is 3.89. The molecule has 2 aliphatic rings. The molecule has 6 heteroatoms. The number of amides is 1. The lowest BCUT2D eigenvalue weighted by Crippen LogP contribution is -2.55. The number of hydrogen-bond acceptors (Lipinski definition) is 3. The maximum Gasteiger partial charge on any atom is 0.405 e. The molecule has 1 unspecified atom stereocenters. The van der Waals surface area contributed by atoms with Crippen molar-refractivity contribution in [2.75, 3.05) is 7.11 Å². The van der Waals surface area contributed by atoms with Crippen molar-refractivity contribution in [3.63, 3.8) is 0 Å². The molecule has 1 fully saturated rings. The Kier molecular flexibility index (Phi) is 3.94. The second-order valence-corrected chi connectivity index (χ2v) is 7.36. The molecule has 0 aliphatic heterocycles. The number of ether oxygens (including phenoxy) is 1. The average molecular weight is 369 g/mol. The lowest BCUT2D eigenvalue weighted by atomic mass is 9.67. The molecule has 1 saturated carbocycles. The number of fused-ring (bicyclic) bond motifs is 1. The van der Waals surface area contributed by atoms with Gasteiger partial charge in [-0.2, -0.15) is 0 Å². The first-order valence-corrected chi connectivity index (χ1v) is 8.89. The molecular weight excluding hydrogens is 349 g/mol. The van der Waals surface area contributed by atoms with E-state index in [1.807, 2.05) is 12.1 Å². The van der Waals surface area contributed by atoms with Crippen molar-refractivity contribution in [1.82, 2.24) is 5.32 Å². The van der Waals surface area contributed by atoms with Crippen LogP contribution < -0.4 is 10.1 Å². The molecule has 1 amide bonds. The fourth-order valence-electron chi connectivity index (χ4n) is 4.45. The van der Waals surface area contributed by atoms with E-state index < -0.39 is 17.4 Å². The summed E-state index contributed by atoms with van der Waals surface area (Å²) in [6.07, 6.45) is 2.72. The van der Waals surface area contributed by atoms with Gasteiger partial charge in [0, 0.05) is 5.41 Å². The highest BCUT2D eigenvalue weighted by Crippen LogP contribution is 2.63. The molecule has 2 aromatic carbocycles. The second-order valence-electron chi connectivity index (χ2n) is 7.36. The highest BCUT2D eigenvalue weighted by atomic mass is 19.1. The van der Waals surface area contributed by atoms with Crippen LogP contribution in [-0.2, 0) is 16.8 Å². The first-order valence-electron chi connectivity index (χ1n) is 8.89. The van der Waals surface area contributed by atoms with Gasteiger partial charge in [0.25, 0.3) is 0 Å². The molecule has 2 aromatic rings. The zero-order valence-corrected chi connectivity index (χ0v) is 14.9. The van der Waals surface area contributed by atoms with Crippen LogP contribution in [0.25, 0.3) is 11.1 Å². The first kappa shape index (κ1) is 17.5. The SMILES string of the molecule is COc1ccc(-c2ccc3c(c2)CCC2(CC2)C3(C=O)NC(=O)O)cc1F. The van der Waals surface area contributed by atoms with Crippen LogP contribution in [0.5, 0.6) is 5.75 Å². The summed E-state index contributed by atoms with van der Waals surface area (Å²) in [4.78, 5) is 23.5. The van der Waals surface area contributed by atoms with Crippen molar-refractivity contribution in [2.45, 2.75) is 31.2 Å². The maximum atomic E-state index is 14.1. The van der Waals surface area contributed by atoms with E-state index in [0.717, 1.165) is 43.1 Å². The molecule has 1 spiro atoms. The average Bonchev–Trinajstić information content (AvgIpc) is 3.44. The molecule has 2 N–H and O–H groups in total. The summed E-state index contributed by atoms with van der Waals surface area (Å²) in [5.41, 5.74) is 1.61. The minimum absolute atomic E-state index is 0.179. The summed E-state index contributed by atoms with van der Waals surface area (Å²) in [5.74, 6) is -0.266. The zero-order valence-electron chi connectivity index (χ0n) is 14.9. The summed E-state index contributed by atoms with van der Waals surface area (Å²) in [6, 6.07) is 10.3. The lowest BCUT2D eigenvalue weighted by Gasteiger charge is -2.42. The quantitative estimate of drug-likeness (QED) is 0.802. The van der Waals surface area contributed by atoms with Gasteiger partial charge >= 0.3 is 6.09 Å². The monoisotopic (exact) mass is 369 g/mol. The number of carbonyl (C=O) groups excluding carboxylic acids is 1. The Labute approximate surface area is 156 Å². The van der Waals surface area contributed by atoms with Crippen LogP contribution in [0.3, 0.4) is 0 Å². The number of benzene rings is 2. The van der Waals surface area contributed by atoms with Crippen LogP contribution in [0.15, 0.2) is 36.4 Å². The minimum Gasteiger partial charge on any atom is -0.494 e. The van der Waals surface area contributed by atoms with E-state index in [-0.39, 0.29) is 11.2 Å². The summed E-state index contributed by atoms with van der Waals surface area (Å²) < 4.78 is 19.0. The summed E-state index contributed by atoms with van der Waals surface area (Å²) in [5, 5.41) is 11.8. The second kappa shape index (κ2) is 6.08. The maximum absolute atomic E-state index is 14.1. The third-order valence-electron chi connectivity index (χ3n) is 6.06. The number of aldehydes is 1. The molecule has 5 nitrogen and oxygen atoms in total. The van der Waals surface area contributed by atoms with Gasteiger partial charge < -0.3 is 20.0 Å². The fraction of sp³-hybridized carbons (Fsp3) is 0.333. The Morgan fingerprint density at radius 2 is 1.89 bits per heavy atom. The fourth-order valence-corrected chi connectivity index (χ4v) is 4.45. The molecule has 140 valence electrons. The van der Waals surface area contributed by atoms with Crippen LogP contribution in [0.2, 0.25) is 0 Å². The van der Waals surface area contributed by atoms with E-state index in [1.54, 1.807) is 18.2 Å². The normalized spacial score (nSPS) is 22.0. The van der Waals surface area contributed by atoms with Gasteiger partial charge in [0.2, 0.25) is 0 Å². The van der Waals surface area contributed by atoms with Crippen molar-refractivity contribution in [3.8, 4) is 16.9 Å². The molecule has 27 heavy (non-hydrogen) atoms. The van der Waals surface area contributed by atoms with Crippen molar-refractivity contribution in [3.05, 3.63) is 53.3 Å². The molecular formula is C21H20FNO4. The predicted molar refractivity (Wildman–Crippen MR) is 97.3 cm³/mol. The molecule has 4 rings (SSSR count). The Morgan fingerprint density at radius 3 is 2.48 bits per heavy atom. The standard InChI is InChI=1S/C21H20FNO4/c1-27-18-5-3-14(11-17(18)22)13-2-4-16-15(10-13)6-7-20(8-9-20)21(16,12-24)23-19(25)26/h2-5,10-12,23H,6-9H2,1H3,(H,25,26). The highest BCUT2D eigenvalue weighted by Gasteiger charge is 2.63. The topological polar surface area (TPSA) is 75.6 Å². The Bertz CT molecular complexity index is 938. The molecule has 0 bridgehead atoms. The van der Waals surface area contributed by atoms with E-state index in [0.29, 0.717) is 11.1 Å². The van der Waals surface area contributed by atoms with E-state index in [4.69, 9.17) is 4.74 Å². The van der Waals surface area contributed by atoms with Crippen molar-refractivity contribution in [1.29, 1.82) is 0 Å². The van der Waals surface area contributed by atoms with E-state index in [1.165, 1.54) is 13.2 Å². The van der Waals surface area contributed by atoms with Crippen LogP contribution >= 0.6 is 0 Å². The molecule has 0 radical (unpaired) electrons. The van der Waals surface area contributed by atoms with Crippen molar-refractivity contribution < 1.29 is 23.8 Å². The third kappa shape index (κ3) is 2.59. The Hall–Kier alpha value is -2.89. The number of rotatable bonds is 4. The third-order valence-corrected chi connectivity index (χ3v) is 6.06. The zero-order chi connectivity index (χ0) is 19.2. The van der Waals surface area contributed by atoms with Crippen molar-refractivity contribution in [2.24, 2.45) is 5.41 Å². The van der Waals surface area contributed by atoms with Gasteiger partial charge in [0.1, 0.15) is 5.54 Å². The number of methoxy groups -OCH3 is 1. The van der Waals surface area contributed by atoms with Gasteiger partial charge in [0.15, 0.2) is 17.9 Å². The van der Waals surface area contributed by atoms with Gasteiger partial charge in [-0.25, -0.2) is 9.18 Å². The Balaban J connectivity index is 1.80. The van der Waals surface area contributed by atoms with Crippen LogP contribution in [0.1, 0.15) is 30.4 Å². The minimum atomic E-state index is -1.21. The van der Waals surface area contributed by atoms with E-state index in [2.05, 4.69) is 5.32 Å². The smallest absolute Gasteiger partial charge is 0.405 e. The van der Waals surface area contributed by atoms with Gasteiger partial charge in [0.05, 0.1) is 7.11 Å². The molecule has 2 aliphatic carbocycles. The van der Waals surface area contributed by atoms with Gasteiger partial charge in [-0.3, -0.25) is 0 Å². The van der Waals surface area contributed by atoms with Crippen LogP contribution in [-0.4, -0.2) is 24.6 Å². The number of aryl methyl sites for hydroxylation is 1.